The first-order valence-corrected chi connectivity index (χ1v) is 12.5. The van der Waals surface area contributed by atoms with Crippen LogP contribution in [0, 0.1) is 18.6 Å². The lowest BCUT2D eigenvalue weighted by Gasteiger charge is -2.36. The molecule has 0 bridgehead atoms. The second kappa shape index (κ2) is 10.1. The van der Waals surface area contributed by atoms with Gasteiger partial charge in [-0.05, 0) is 66.9 Å². The van der Waals surface area contributed by atoms with Crippen LogP contribution in [0.1, 0.15) is 18.4 Å². The van der Waals surface area contributed by atoms with Crippen LogP contribution in [0.2, 0.25) is 0 Å². The fraction of sp³-hybridized carbons (Fsp3) is 0.231. The first-order chi connectivity index (χ1) is 17.1. The molecule has 1 atom stereocenters. The fourth-order valence-corrected chi connectivity index (χ4v) is 5.59. The molecule has 1 aliphatic heterocycles. The number of methoxy groups -OCH3 is 1. The van der Waals surface area contributed by atoms with Crippen molar-refractivity contribution in [1.29, 1.82) is 0 Å². The molecule has 7 nitrogen and oxygen atoms in total. The second-order valence-electron chi connectivity index (χ2n) is 8.35. The van der Waals surface area contributed by atoms with E-state index in [-0.39, 0.29) is 46.8 Å². The van der Waals surface area contributed by atoms with Crippen LogP contribution in [-0.4, -0.2) is 39.9 Å². The second-order valence-corrected chi connectivity index (χ2v) is 10.2. The number of nitrogens with zero attached hydrogens (tertiary/aromatic N) is 1. The number of carbonyl (C=O) groups is 2. The molecule has 0 fully saturated rings. The molecule has 36 heavy (non-hydrogen) atoms. The standard InChI is InChI=1S/C26H23F2NO6S/c1-16-4-3-5-20(12-16)36(32,33)29-15-19(8-10-24(30)26(31)34-2)35-25-11-6-17(13-23(25)29)21-14-18(27)7-9-22(21)28/h3-7,9,11-14,19H,8,10,15H2,1-2H3/t19-/m0/s1. The van der Waals surface area contributed by atoms with E-state index < -0.39 is 39.5 Å². The van der Waals surface area contributed by atoms with Crippen molar-refractivity contribution in [2.45, 2.75) is 30.8 Å². The SMILES string of the molecule is COC(=O)C(=O)CC[C@H]1CN(S(=O)(=O)c2cccc(C)c2)c2cc(-c3cc(F)ccc3F)ccc2O1. The van der Waals surface area contributed by atoms with Crippen LogP contribution >= 0.6 is 0 Å². The summed E-state index contributed by atoms with van der Waals surface area (Å²) in [7, 11) is -3.00. The van der Waals surface area contributed by atoms with E-state index in [1.54, 1.807) is 19.1 Å². The third-order valence-corrected chi connectivity index (χ3v) is 7.59. The van der Waals surface area contributed by atoms with Gasteiger partial charge < -0.3 is 9.47 Å². The Labute approximate surface area is 207 Å². The number of aryl methyl sites for hydroxylation is 1. The van der Waals surface area contributed by atoms with Crippen molar-refractivity contribution in [2.75, 3.05) is 18.0 Å². The van der Waals surface area contributed by atoms with E-state index in [4.69, 9.17) is 4.74 Å². The number of hydrogen-bond acceptors (Lipinski definition) is 6. The summed E-state index contributed by atoms with van der Waals surface area (Å²) in [5, 5.41) is 0. The van der Waals surface area contributed by atoms with Crippen molar-refractivity contribution in [3.8, 4) is 16.9 Å². The Bertz CT molecular complexity index is 1440. The van der Waals surface area contributed by atoms with Crippen LogP contribution in [0.3, 0.4) is 0 Å². The molecule has 0 amide bonds. The summed E-state index contributed by atoms with van der Waals surface area (Å²) in [6.45, 7) is 1.60. The number of anilines is 1. The van der Waals surface area contributed by atoms with Gasteiger partial charge in [-0.15, -0.1) is 0 Å². The van der Waals surface area contributed by atoms with Crippen molar-refractivity contribution in [3.63, 3.8) is 0 Å². The molecule has 0 aliphatic carbocycles. The lowest BCUT2D eigenvalue weighted by atomic mass is 10.0. The fourth-order valence-electron chi connectivity index (χ4n) is 3.99. The highest BCUT2D eigenvalue weighted by atomic mass is 32.2. The van der Waals surface area contributed by atoms with E-state index in [0.29, 0.717) is 0 Å². The van der Waals surface area contributed by atoms with E-state index in [1.807, 2.05) is 0 Å². The molecule has 3 aromatic carbocycles. The molecule has 3 aromatic rings. The molecule has 0 unspecified atom stereocenters. The zero-order valence-electron chi connectivity index (χ0n) is 19.5. The summed E-state index contributed by atoms with van der Waals surface area (Å²) in [5.41, 5.74) is 1.11. The minimum Gasteiger partial charge on any atom is -0.486 e. The number of fused-ring (bicyclic) bond motifs is 1. The summed E-state index contributed by atoms with van der Waals surface area (Å²) in [6.07, 6.45) is -0.882. The molecule has 0 saturated heterocycles. The van der Waals surface area contributed by atoms with Crippen LogP contribution in [0.5, 0.6) is 5.75 Å². The minimum atomic E-state index is -4.10. The Morgan fingerprint density at radius 1 is 1.08 bits per heavy atom. The Kier molecular flexibility index (Phi) is 7.07. The highest BCUT2D eigenvalue weighted by molar-refractivity contribution is 7.92. The lowest BCUT2D eigenvalue weighted by Crippen LogP contribution is -2.43. The highest BCUT2D eigenvalue weighted by Gasteiger charge is 2.35. The largest absolute Gasteiger partial charge is 0.486 e. The Hall–Kier alpha value is -3.79. The number of ketones is 1. The van der Waals surface area contributed by atoms with E-state index in [2.05, 4.69) is 4.74 Å². The van der Waals surface area contributed by atoms with Gasteiger partial charge in [0.05, 0.1) is 24.2 Å². The highest BCUT2D eigenvalue weighted by Crippen LogP contribution is 2.41. The molecule has 1 heterocycles. The van der Waals surface area contributed by atoms with Gasteiger partial charge in [-0.3, -0.25) is 9.10 Å². The third kappa shape index (κ3) is 5.08. The lowest BCUT2D eigenvalue weighted by molar-refractivity contribution is -0.151. The minimum absolute atomic E-state index is 0.0310. The predicted octanol–water partition coefficient (Wildman–Crippen LogP) is 4.42. The maximum atomic E-state index is 14.5. The number of rotatable bonds is 7. The smallest absolute Gasteiger partial charge is 0.374 e. The quantitative estimate of drug-likeness (QED) is 0.342. The van der Waals surface area contributed by atoms with Gasteiger partial charge in [-0.25, -0.2) is 22.0 Å². The zero-order valence-corrected chi connectivity index (χ0v) is 20.3. The van der Waals surface area contributed by atoms with Crippen molar-refractivity contribution < 1.29 is 36.3 Å². The van der Waals surface area contributed by atoms with Gasteiger partial charge in [-0.1, -0.05) is 18.2 Å². The Balaban J connectivity index is 1.76. The summed E-state index contributed by atoms with van der Waals surface area (Å²) < 4.78 is 67.2. The van der Waals surface area contributed by atoms with Gasteiger partial charge in [0.15, 0.2) is 0 Å². The molecule has 0 aromatic heterocycles. The maximum absolute atomic E-state index is 14.5. The summed E-state index contributed by atoms with van der Waals surface area (Å²) in [5.74, 6) is -2.86. The number of Topliss-reactive ketones (excluding diaryl/α,β-unsaturated/α-hetero) is 1. The van der Waals surface area contributed by atoms with E-state index in [1.165, 1.54) is 30.3 Å². The number of halogens is 2. The van der Waals surface area contributed by atoms with Gasteiger partial charge >= 0.3 is 5.97 Å². The van der Waals surface area contributed by atoms with Gasteiger partial charge in [0.2, 0.25) is 5.78 Å². The Morgan fingerprint density at radius 2 is 1.86 bits per heavy atom. The van der Waals surface area contributed by atoms with Crippen LogP contribution in [-0.2, 0) is 24.3 Å². The zero-order chi connectivity index (χ0) is 26.0. The van der Waals surface area contributed by atoms with Crippen LogP contribution < -0.4 is 9.04 Å². The molecule has 1 aliphatic rings. The van der Waals surface area contributed by atoms with Crippen molar-refractivity contribution in [3.05, 3.63) is 77.9 Å². The van der Waals surface area contributed by atoms with Gasteiger partial charge in [0.25, 0.3) is 10.0 Å². The molecule has 0 radical (unpaired) electrons. The van der Waals surface area contributed by atoms with Crippen LogP contribution in [0.4, 0.5) is 14.5 Å². The van der Waals surface area contributed by atoms with E-state index in [0.717, 1.165) is 35.2 Å². The van der Waals surface area contributed by atoms with Gasteiger partial charge in [0, 0.05) is 12.0 Å². The number of ether oxygens (including phenoxy) is 2. The molecule has 188 valence electrons. The number of benzene rings is 3. The van der Waals surface area contributed by atoms with Crippen molar-refractivity contribution >= 4 is 27.5 Å². The monoisotopic (exact) mass is 515 g/mol. The number of hydrogen-bond donors (Lipinski definition) is 0. The van der Waals surface area contributed by atoms with E-state index in [9.17, 15) is 26.8 Å². The van der Waals surface area contributed by atoms with Gasteiger partial charge in [0.1, 0.15) is 23.5 Å². The summed E-state index contributed by atoms with van der Waals surface area (Å²) in [6, 6.07) is 13.8. The molecular formula is C26H23F2NO6S. The van der Waals surface area contributed by atoms with Crippen LogP contribution in [0.25, 0.3) is 11.1 Å². The normalized spacial score (nSPS) is 15.1. The van der Waals surface area contributed by atoms with Gasteiger partial charge in [-0.2, -0.15) is 0 Å². The summed E-state index contributed by atoms with van der Waals surface area (Å²) >= 11 is 0. The third-order valence-electron chi connectivity index (χ3n) is 5.81. The van der Waals surface area contributed by atoms with Crippen molar-refractivity contribution in [1.82, 2.24) is 0 Å². The van der Waals surface area contributed by atoms with E-state index >= 15 is 0 Å². The maximum Gasteiger partial charge on any atom is 0.374 e. The van der Waals surface area contributed by atoms with Crippen LogP contribution in [0.15, 0.2) is 65.6 Å². The molecule has 0 N–H and O–H groups in total. The number of carbonyl (C=O) groups excluding carboxylic acids is 2. The van der Waals surface area contributed by atoms with Crippen molar-refractivity contribution in [2.24, 2.45) is 0 Å². The average Bonchev–Trinajstić information content (AvgIpc) is 2.87. The Morgan fingerprint density at radius 3 is 2.58 bits per heavy atom. The molecular weight excluding hydrogens is 492 g/mol. The first-order valence-electron chi connectivity index (χ1n) is 11.1. The molecule has 4 rings (SSSR count). The molecule has 0 saturated carbocycles. The number of esters is 1. The summed E-state index contributed by atoms with van der Waals surface area (Å²) in [4.78, 5) is 23.4. The average molecular weight is 516 g/mol. The topological polar surface area (TPSA) is 90.0 Å². The number of sulfonamides is 1. The molecule has 10 heteroatoms. The first kappa shape index (κ1) is 25.3. The predicted molar refractivity (Wildman–Crippen MR) is 128 cm³/mol. The molecule has 0 spiro atoms.